The first-order valence-corrected chi connectivity index (χ1v) is 4.75. The van der Waals surface area contributed by atoms with Crippen LogP contribution in [0.1, 0.15) is 16.1 Å². The maximum Gasteiger partial charge on any atom is 0.375 e. The topological polar surface area (TPSA) is 92.8 Å². The summed E-state index contributed by atoms with van der Waals surface area (Å²) in [4.78, 5) is 10.7. The molecule has 2 rings (SSSR count). The molecular formula is C11H9NO5. The van der Waals surface area contributed by atoms with Crippen LogP contribution in [0.2, 0.25) is 0 Å². The van der Waals surface area contributed by atoms with Crippen molar-refractivity contribution < 1.29 is 24.3 Å². The number of phenols is 1. The number of carbonyl (C=O) groups is 1. The van der Waals surface area contributed by atoms with Crippen molar-refractivity contribution in [3.63, 3.8) is 0 Å². The summed E-state index contributed by atoms with van der Waals surface area (Å²) >= 11 is 0. The highest BCUT2D eigenvalue weighted by atomic mass is 16.5. The molecule has 6 nitrogen and oxygen atoms in total. The first kappa shape index (κ1) is 11.0. The summed E-state index contributed by atoms with van der Waals surface area (Å²) in [6.07, 6.45) is 1.30. The van der Waals surface area contributed by atoms with Gasteiger partial charge < -0.3 is 19.5 Å². The highest BCUT2D eigenvalue weighted by Crippen LogP contribution is 2.18. The van der Waals surface area contributed by atoms with Gasteiger partial charge in [-0.3, -0.25) is 0 Å². The molecule has 88 valence electrons. The van der Waals surface area contributed by atoms with Crippen LogP contribution in [-0.2, 0) is 6.61 Å². The van der Waals surface area contributed by atoms with Crippen LogP contribution in [0.3, 0.4) is 0 Å². The third-order valence-corrected chi connectivity index (χ3v) is 2.07. The summed E-state index contributed by atoms with van der Waals surface area (Å²) in [7, 11) is 0. The third kappa shape index (κ3) is 2.54. The number of hydrogen-bond acceptors (Lipinski definition) is 5. The number of hydrogen-bond donors (Lipinski definition) is 2. The van der Waals surface area contributed by atoms with Gasteiger partial charge in [-0.15, -0.1) is 0 Å². The summed E-state index contributed by atoms with van der Waals surface area (Å²) in [6, 6.07) is 6.09. The van der Waals surface area contributed by atoms with Crippen LogP contribution in [0.15, 0.2) is 35.0 Å². The summed E-state index contributed by atoms with van der Waals surface area (Å²) in [5.41, 5.74) is 0.352. The van der Waals surface area contributed by atoms with E-state index in [1.165, 1.54) is 18.3 Å². The van der Waals surface area contributed by atoms with Crippen molar-refractivity contribution in [2.24, 2.45) is 0 Å². The minimum Gasteiger partial charge on any atom is -0.508 e. The van der Waals surface area contributed by atoms with Gasteiger partial charge in [0, 0.05) is 0 Å². The molecule has 0 saturated carbocycles. The standard InChI is InChI=1S/C11H9NO5/c13-8-1-3-9(4-2-8)16-6-7-5-12-17-10(7)11(14)15/h1-5,13H,6H2,(H,14,15). The van der Waals surface area contributed by atoms with Crippen molar-refractivity contribution in [3.8, 4) is 11.5 Å². The van der Waals surface area contributed by atoms with E-state index in [9.17, 15) is 4.79 Å². The number of aromatic hydroxyl groups is 1. The molecule has 0 atom stereocenters. The molecule has 0 fully saturated rings. The van der Waals surface area contributed by atoms with Gasteiger partial charge in [0.1, 0.15) is 18.1 Å². The van der Waals surface area contributed by atoms with Crippen LogP contribution >= 0.6 is 0 Å². The van der Waals surface area contributed by atoms with Crippen LogP contribution in [0.4, 0.5) is 0 Å². The van der Waals surface area contributed by atoms with E-state index in [1.807, 2.05) is 0 Å². The molecule has 1 aromatic carbocycles. The second kappa shape index (κ2) is 4.56. The first-order chi connectivity index (χ1) is 8.16. The van der Waals surface area contributed by atoms with Crippen LogP contribution < -0.4 is 4.74 Å². The van der Waals surface area contributed by atoms with Crippen molar-refractivity contribution in [1.29, 1.82) is 0 Å². The van der Waals surface area contributed by atoms with E-state index in [0.717, 1.165) is 0 Å². The highest BCUT2D eigenvalue weighted by Gasteiger charge is 2.15. The Labute approximate surface area is 96.0 Å². The number of aromatic nitrogens is 1. The smallest absolute Gasteiger partial charge is 0.375 e. The molecule has 1 aromatic heterocycles. The van der Waals surface area contributed by atoms with Gasteiger partial charge in [0.25, 0.3) is 5.76 Å². The lowest BCUT2D eigenvalue weighted by molar-refractivity contribution is 0.0648. The Morgan fingerprint density at radius 3 is 2.71 bits per heavy atom. The Bertz CT molecular complexity index is 517. The molecule has 0 radical (unpaired) electrons. The molecule has 0 saturated heterocycles. The summed E-state index contributed by atoms with van der Waals surface area (Å²) in [5, 5.41) is 21.2. The molecular weight excluding hydrogens is 226 g/mol. The van der Waals surface area contributed by atoms with Crippen molar-refractivity contribution >= 4 is 5.97 Å². The number of aromatic carboxylic acids is 1. The monoisotopic (exact) mass is 235 g/mol. The lowest BCUT2D eigenvalue weighted by Crippen LogP contribution is -2.02. The molecule has 1 heterocycles. The fourth-order valence-corrected chi connectivity index (χ4v) is 1.24. The Kier molecular flexibility index (Phi) is 2.95. The Morgan fingerprint density at radius 1 is 1.35 bits per heavy atom. The van der Waals surface area contributed by atoms with E-state index < -0.39 is 5.97 Å². The number of benzene rings is 1. The molecule has 0 aliphatic carbocycles. The van der Waals surface area contributed by atoms with Crippen LogP contribution in [0, 0.1) is 0 Å². The number of ether oxygens (including phenoxy) is 1. The molecule has 17 heavy (non-hydrogen) atoms. The zero-order valence-electron chi connectivity index (χ0n) is 8.66. The predicted octanol–water partition coefficient (Wildman–Crippen LogP) is 1.66. The number of phenolic OH excluding ortho intramolecular Hbond substituents is 1. The minimum absolute atomic E-state index is 0.0376. The largest absolute Gasteiger partial charge is 0.508 e. The van der Waals surface area contributed by atoms with Gasteiger partial charge in [0.15, 0.2) is 0 Å². The summed E-state index contributed by atoms with van der Waals surface area (Å²) in [5.74, 6) is -0.774. The van der Waals surface area contributed by atoms with Gasteiger partial charge in [-0.2, -0.15) is 0 Å². The summed E-state index contributed by atoms with van der Waals surface area (Å²) < 4.78 is 9.89. The molecule has 2 aromatic rings. The second-order valence-corrected chi connectivity index (χ2v) is 3.27. The lowest BCUT2D eigenvalue weighted by Gasteiger charge is -2.04. The van der Waals surface area contributed by atoms with Crippen molar-refractivity contribution in [1.82, 2.24) is 5.16 Å². The van der Waals surface area contributed by atoms with Gasteiger partial charge in [-0.1, -0.05) is 5.16 Å². The van der Waals surface area contributed by atoms with Gasteiger partial charge in [-0.25, -0.2) is 4.79 Å². The van der Waals surface area contributed by atoms with Gasteiger partial charge in [-0.05, 0) is 24.3 Å². The lowest BCUT2D eigenvalue weighted by atomic mass is 10.3. The molecule has 0 bridgehead atoms. The van der Waals surface area contributed by atoms with Crippen molar-refractivity contribution in [3.05, 3.63) is 41.8 Å². The molecule has 0 amide bonds. The maximum atomic E-state index is 10.7. The number of carboxylic acid groups (broad SMARTS) is 1. The highest BCUT2D eigenvalue weighted by molar-refractivity contribution is 5.85. The van der Waals surface area contributed by atoms with E-state index in [0.29, 0.717) is 11.3 Å². The van der Waals surface area contributed by atoms with Crippen LogP contribution in [0.5, 0.6) is 11.5 Å². The van der Waals surface area contributed by atoms with E-state index in [-0.39, 0.29) is 18.1 Å². The molecule has 0 aliphatic heterocycles. The zero-order valence-corrected chi connectivity index (χ0v) is 8.66. The van der Waals surface area contributed by atoms with E-state index >= 15 is 0 Å². The average molecular weight is 235 g/mol. The second-order valence-electron chi connectivity index (χ2n) is 3.27. The SMILES string of the molecule is O=C(O)c1oncc1COc1ccc(O)cc1. The predicted molar refractivity (Wildman–Crippen MR) is 55.9 cm³/mol. The fourth-order valence-electron chi connectivity index (χ4n) is 1.24. The molecule has 2 N–H and O–H groups in total. The average Bonchev–Trinajstić information content (AvgIpc) is 2.76. The van der Waals surface area contributed by atoms with Gasteiger partial charge in [0.2, 0.25) is 0 Å². The Morgan fingerprint density at radius 2 is 2.06 bits per heavy atom. The molecule has 0 spiro atoms. The molecule has 0 aliphatic rings. The quantitative estimate of drug-likeness (QED) is 0.837. The van der Waals surface area contributed by atoms with E-state index in [1.54, 1.807) is 12.1 Å². The number of rotatable bonds is 4. The van der Waals surface area contributed by atoms with Crippen molar-refractivity contribution in [2.45, 2.75) is 6.61 Å². The maximum absolute atomic E-state index is 10.7. The molecule has 0 unspecified atom stereocenters. The van der Waals surface area contributed by atoms with Crippen LogP contribution in [-0.4, -0.2) is 21.3 Å². The van der Waals surface area contributed by atoms with E-state index in [4.69, 9.17) is 14.9 Å². The van der Waals surface area contributed by atoms with Gasteiger partial charge >= 0.3 is 5.97 Å². The zero-order chi connectivity index (χ0) is 12.3. The van der Waals surface area contributed by atoms with E-state index in [2.05, 4.69) is 9.68 Å². The Balaban J connectivity index is 2.05. The minimum atomic E-state index is -1.19. The van der Waals surface area contributed by atoms with Crippen molar-refractivity contribution in [2.75, 3.05) is 0 Å². The third-order valence-electron chi connectivity index (χ3n) is 2.07. The Hall–Kier alpha value is -2.50. The number of nitrogens with zero attached hydrogens (tertiary/aromatic N) is 1. The first-order valence-electron chi connectivity index (χ1n) is 4.75. The molecule has 6 heteroatoms. The fraction of sp³-hybridized carbons (Fsp3) is 0.0909. The van der Waals surface area contributed by atoms with Crippen LogP contribution in [0.25, 0.3) is 0 Å². The number of carboxylic acids is 1. The summed E-state index contributed by atoms with van der Waals surface area (Å²) in [6.45, 7) is 0.0376. The van der Waals surface area contributed by atoms with Gasteiger partial charge in [0.05, 0.1) is 11.8 Å². The normalized spacial score (nSPS) is 10.1.